The highest BCUT2D eigenvalue weighted by Crippen LogP contribution is 2.35. The highest BCUT2D eigenvalue weighted by Gasteiger charge is 2.25. The second-order valence-corrected chi connectivity index (χ2v) is 3.74. The first-order valence-corrected chi connectivity index (χ1v) is 5.15. The number of nitrogens with one attached hydrogen (secondary N) is 1. The van der Waals surface area contributed by atoms with Crippen molar-refractivity contribution in [3.8, 4) is 0 Å². The Bertz CT molecular complexity index is 867. The summed E-state index contributed by atoms with van der Waals surface area (Å²) in [4.78, 5) is 21.9. The van der Waals surface area contributed by atoms with E-state index in [1.54, 1.807) is 0 Å². The number of hydrogen-bond acceptors (Lipinski definition) is 4. The summed E-state index contributed by atoms with van der Waals surface area (Å²) in [6.45, 7) is -2.48. The summed E-state index contributed by atoms with van der Waals surface area (Å²) in [5, 5.41) is 2.46. The van der Waals surface area contributed by atoms with Crippen LogP contribution in [0.4, 0.5) is 17.3 Å². The standard InChI is InChI=1S/C13H12N4O/c1-8-5-7-15-12-10(8)16-13(18)9-4-3-6-14-11(9)17(12)2/h3-7H,1-2H3,(H,16,18)/i1D3,3D,4D,6D. The third kappa shape index (κ3) is 1.44. The van der Waals surface area contributed by atoms with Gasteiger partial charge in [0.05, 0.1) is 15.4 Å². The van der Waals surface area contributed by atoms with Crippen molar-refractivity contribution in [3.05, 3.63) is 41.6 Å². The number of amides is 1. The van der Waals surface area contributed by atoms with Gasteiger partial charge in [-0.2, -0.15) is 0 Å². The highest BCUT2D eigenvalue weighted by atomic mass is 16.1. The SMILES string of the molecule is [2H]c1nc2c(c([2H])c1[2H])C(=O)Nc1c(C([2H])([2H])[2H])ccnc1N2C. The van der Waals surface area contributed by atoms with Gasteiger partial charge in [0.2, 0.25) is 0 Å². The van der Waals surface area contributed by atoms with Crippen LogP contribution in [0, 0.1) is 6.85 Å². The van der Waals surface area contributed by atoms with Gasteiger partial charge in [0.25, 0.3) is 5.91 Å². The lowest BCUT2D eigenvalue weighted by atomic mass is 10.2. The largest absolute Gasteiger partial charge is 0.318 e. The molecule has 0 unspecified atom stereocenters. The molecule has 3 heterocycles. The number of aromatic nitrogens is 2. The fourth-order valence-corrected chi connectivity index (χ4v) is 1.79. The Hall–Kier alpha value is -2.43. The molecule has 90 valence electrons. The van der Waals surface area contributed by atoms with E-state index in [4.69, 9.17) is 8.22 Å². The van der Waals surface area contributed by atoms with Gasteiger partial charge in [-0.05, 0) is 30.6 Å². The highest BCUT2D eigenvalue weighted by molar-refractivity contribution is 6.11. The topological polar surface area (TPSA) is 58.1 Å². The Balaban J connectivity index is 2.32. The summed E-state index contributed by atoms with van der Waals surface area (Å²) in [6.07, 6.45) is 0.852. The van der Waals surface area contributed by atoms with Crippen molar-refractivity contribution in [1.82, 2.24) is 9.97 Å². The zero-order valence-corrected chi connectivity index (χ0v) is 9.40. The molecule has 2 aromatic rings. The number of pyridine rings is 2. The quantitative estimate of drug-likeness (QED) is 0.773. The Morgan fingerprint density at radius 3 is 3.17 bits per heavy atom. The predicted octanol–water partition coefficient (Wildman–Crippen LogP) is 2.12. The first kappa shape index (κ1) is 5.95. The molecule has 0 radical (unpaired) electrons. The summed E-state index contributed by atoms with van der Waals surface area (Å²) in [6, 6.07) is 0.362. The molecule has 0 saturated heterocycles. The molecule has 1 amide bonds. The van der Waals surface area contributed by atoms with Crippen LogP contribution in [0.1, 0.15) is 24.1 Å². The number of aryl methyl sites for hydroxylation is 1. The van der Waals surface area contributed by atoms with Crippen molar-refractivity contribution in [2.75, 3.05) is 17.3 Å². The van der Waals surface area contributed by atoms with Crippen molar-refractivity contribution in [2.45, 2.75) is 6.85 Å². The lowest BCUT2D eigenvalue weighted by Gasteiger charge is -2.18. The summed E-state index contributed by atoms with van der Waals surface area (Å²) < 4.78 is 46.1. The summed E-state index contributed by atoms with van der Waals surface area (Å²) in [5.74, 6) is -0.646. The fraction of sp³-hybridized carbons (Fsp3) is 0.154. The number of anilines is 3. The molecule has 0 spiro atoms. The van der Waals surface area contributed by atoms with Crippen LogP contribution < -0.4 is 10.2 Å². The molecule has 2 aromatic heterocycles. The van der Waals surface area contributed by atoms with Crippen LogP contribution in [0.3, 0.4) is 0 Å². The summed E-state index contributed by atoms with van der Waals surface area (Å²) in [5.41, 5.74) is -0.294. The lowest BCUT2D eigenvalue weighted by Crippen LogP contribution is -2.14. The van der Waals surface area contributed by atoms with E-state index in [2.05, 4.69) is 15.3 Å². The van der Waals surface area contributed by atoms with Gasteiger partial charge in [-0.3, -0.25) is 4.79 Å². The third-order valence-corrected chi connectivity index (χ3v) is 2.66. The zero-order valence-electron chi connectivity index (χ0n) is 15.4. The van der Waals surface area contributed by atoms with Gasteiger partial charge < -0.3 is 10.2 Å². The minimum Gasteiger partial charge on any atom is -0.318 e. The maximum Gasteiger partial charge on any atom is 0.259 e. The second kappa shape index (κ2) is 3.80. The molecule has 5 heteroatoms. The van der Waals surface area contributed by atoms with Crippen LogP contribution in [0.25, 0.3) is 0 Å². The minimum atomic E-state index is -2.48. The smallest absolute Gasteiger partial charge is 0.259 e. The van der Waals surface area contributed by atoms with E-state index in [9.17, 15) is 4.79 Å². The second-order valence-electron chi connectivity index (χ2n) is 3.74. The van der Waals surface area contributed by atoms with E-state index in [-0.39, 0.29) is 28.5 Å². The Morgan fingerprint density at radius 1 is 1.44 bits per heavy atom. The lowest BCUT2D eigenvalue weighted by molar-refractivity contribution is 0.102. The van der Waals surface area contributed by atoms with Gasteiger partial charge in [0, 0.05) is 23.5 Å². The van der Waals surface area contributed by atoms with Crippen molar-refractivity contribution < 1.29 is 13.0 Å². The average Bonchev–Trinajstić information content (AvgIpc) is 2.59. The Kier molecular flexibility index (Phi) is 1.26. The van der Waals surface area contributed by atoms with Crippen LogP contribution >= 0.6 is 0 Å². The molecule has 0 fully saturated rings. The van der Waals surface area contributed by atoms with E-state index >= 15 is 0 Å². The number of rotatable bonds is 0. The molecule has 5 nitrogen and oxygen atoms in total. The normalized spacial score (nSPS) is 18.9. The van der Waals surface area contributed by atoms with E-state index in [1.165, 1.54) is 24.2 Å². The molecule has 0 bridgehead atoms. The molecule has 1 aliphatic heterocycles. The molecule has 1 N–H and O–H groups in total. The molecule has 0 aliphatic carbocycles. The maximum atomic E-state index is 12.5. The van der Waals surface area contributed by atoms with E-state index in [1.807, 2.05) is 0 Å². The molecular formula is C13H12N4O. The van der Waals surface area contributed by atoms with E-state index in [0.29, 0.717) is 0 Å². The summed E-state index contributed by atoms with van der Waals surface area (Å²) in [7, 11) is 1.50. The molecular weight excluding hydrogens is 228 g/mol. The molecule has 18 heavy (non-hydrogen) atoms. The summed E-state index contributed by atoms with van der Waals surface area (Å²) >= 11 is 0. The van der Waals surface area contributed by atoms with Crippen LogP contribution in [0.2, 0.25) is 0 Å². The van der Waals surface area contributed by atoms with Crippen molar-refractivity contribution in [1.29, 1.82) is 0 Å². The monoisotopic (exact) mass is 246 g/mol. The van der Waals surface area contributed by atoms with E-state index in [0.717, 1.165) is 0 Å². The Labute approximate surface area is 113 Å². The Morgan fingerprint density at radius 2 is 2.33 bits per heavy atom. The van der Waals surface area contributed by atoms with Crippen molar-refractivity contribution >= 4 is 23.2 Å². The number of nitrogens with zero attached hydrogens (tertiary/aromatic N) is 3. The maximum absolute atomic E-state index is 12.5. The first-order valence-electron chi connectivity index (χ1n) is 8.15. The number of carbonyl (C=O) groups is 1. The van der Waals surface area contributed by atoms with Gasteiger partial charge in [-0.1, -0.05) is 0 Å². The zero-order chi connectivity index (χ0) is 17.8. The number of fused-ring (bicyclic) bond motifs is 2. The van der Waals surface area contributed by atoms with Crippen molar-refractivity contribution in [3.63, 3.8) is 0 Å². The van der Waals surface area contributed by atoms with Gasteiger partial charge in [0.15, 0.2) is 5.82 Å². The van der Waals surface area contributed by atoms with Crippen LogP contribution in [-0.2, 0) is 0 Å². The van der Waals surface area contributed by atoms with Gasteiger partial charge in [-0.25, -0.2) is 9.97 Å². The fourth-order valence-electron chi connectivity index (χ4n) is 1.79. The van der Waals surface area contributed by atoms with Crippen LogP contribution in [0.5, 0.6) is 0 Å². The van der Waals surface area contributed by atoms with Crippen LogP contribution in [-0.4, -0.2) is 22.9 Å². The first-order chi connectivity index (χ1) is 11.1. The van der Waals surface area contributed by atoms with Crippen molar-refractivity contribution in [2.24, 2.45) is 0 Å². The van der Waals surface area contributed by atoms with Crippen LogP contribution in [0.15, 0.2) is 30.5 Å². The average molecular weight is 246 g/mol. The predicted molar refractivity (Wildman–Crippen MR) is 69.2 cm³/mol. The minimum absolute atomic E-state index is 0.000427. The third-order valence-electron chi connectivity index (χ3n) is 2.66. The molecule has 0 saturated carbocycles. The van der Waals surface area contributed by atoms with Gasteiger partial charge >= 0.3 is 0 Å². The molecule has 0 aromatic carbocycles. The molecule has 0 atom stereocenters. The van der Waals surface area contributed by atoms with Gasteiger partial charge in [-0.15, -0.1) is 0 Å². The van der Waals surface area contributed by atoms with Gasteiger partial charge in [0.1, 0.15) is 5.82 Å². The molecule has 1 aliphatic rings. The number of carbonyl (C=O) groups excluding carboxylic acids is 1. The number of hydrogen-bond donors (Lipinski definition) is 1. The van der Waals surface area contributed by atoms with E-state index < -0.39 is 31.0 Å². The molecule has 3 rings (SSSR count).